The van der Waals surface area contributed by atoms with Gasteiger partial charge in [-0.2, -0.15) is 0 Å². The Bertz CT molecular complexity index is 1060. The molecule has 0 N–H and O–H groups in total. The number of benzene rings is 1. The maximum Gasteiger partial charge on any atom is 0.270 e. The molecule has 144 valence electrons. The predicted molar refractivity (Wildman–Crippen MR) is 107 cm³/mol. The van der Waals surface area contributed by atoms with Crippen LogP contribution in [0.4, 0.5) is 0 Å². The normalized spacial score (nSPS) is 16.9. The Labute approximate surface area is 163 Å². The van der Waals surface area contributed by atoms with E-state index in [1.54, 1.807) is 23.2 Å². The van der Waals surface area contributed by atoms with E-state index in [-0.39, 0.29) is 22.9 Å². The van der Waals surface area contributed by atoms with Crippen LogP contribution in [0.25, 0.3) is 5.65 Å². The summed E-state index contributed by atoms with van der Waals surface area (Å²) < 4.78 is 7.34. The Morgan fingerprint density at radius 2 is 2.14 bits per heavy atom. The number of amides is 1. The molecule has 0 spiro atoms. The molecule has 1 aromatic carbocycles. The predicted octanol–water partition coefficient (Wildman–Crippen LogP) is 2.93. The maximum absolute atomic E-state index is 13.0. The SMILES string of the molecule is Cc1cccc(OCC2CCCN(C(=O)c3cnc4ccccn4c3=O)C2)c1. The Hall–Kier alpha value is -3.15. The molecule has 1 aliphatic heterocycles. The van der Waals surface area contributed by atoms with Crippen LogP contribution in [-0.4, -0.2) is 39.9 Å². The molecule has 1 fully saturated rings. The van der Waals surface area contributed by atoms with Crippen molar-refractivity contribution < 1.29 is 9.53 Å². The highest BCUT2D eigenvalue weighted by atomic mass is 16.5. The number of carbonyl (C=O) groups excluding carboxylic acids is 1. The minimum atomic E-state index is -0.325. The molecule has 1 amide bonds. The molecule has 2 aromatic heterocycles. The number of hydrogen-bond donors (Lipinski definition) is 0. The molecular formula is C22H23N3O3. The van der Waals surface area contributed by atoms with Crippen molar-refractivity contribution in [2.45, 2.75) is 19.8 Å². The third-order valence-electron chi connectivity index (χ3n) is 5.13. The van der Waals surface area contributed by atoms with E-state index in [9.17, 15) is 9.59 Å². The Morgan fingerprint density at radius 1 is 1.25 bits per heavy atom. The first-order chi connectivity index (χ1) is 13.6. The number of ether oxygens (including phenoxy) is 1. The van der Waals surface area contributed by atoms with Crippen LogP contribution in [0.15, 0.2) is 59.7 Å². The fraction of sp³-hybridized carbons (Fsp3) is 0.318. The van der Waals surface area contributed by atoms with E-state index in [1.165, 1.54) is 10.6 Å². The van der Waals surface area contributed by atoms with E-state index in [0.717, 1.165) is 24.2 Å². The standard InChI is InChI=1S/C22H23N3O3/c1-16-6-4-8-18(12-16)28-15-17-7-5-10-24(14-17)21(26)19-13-23-20-9-2-3-11-25(20)22(19)27/h2-4,6,8-9,11-13,17H,5,7,10,14-15H2,1H3. The fourth-order valence-corrected chi connectivity index (χ4v) is 3.65. The van der Waals surface area contributed by atoms with Crippen molar-refractivity contribution >= 4 is 11.6 Å². The van der Waals surface area contributed by atoms with Gasteiger partial charge in [-0.1, -0.05) is 18.2 Å². The van der Waals surface area contributed by atoms with Gasteiger partial charge in [0, 0.05) is 31.4 Å². The van der Waals surface area contributed by atoms with E-state index in [1.807, 2.05) is 37.3 Å². The zero-order valence-electron chi connectivity index (χ0n) is 15.9. The third-order valence-corrected chi connectivity index (χ3v) is 5.13. The van der Waals surface area contributed by atoms with Crippen LogP contribution in [0.1, 0.15) is 28.8 Å². The number of piperidine rings is 1. The van der Waals surface area contributed by atoms with Crippen molar-refractivity contribution in [3.05, 3.63) is 76.3 Å². The van der Waals surface area contributed by atoms with Gasteiger partial charge in [0.1, 0.15) is 17.0 Å². The lowest BCUT2D eigenvalue weighted by molar-refractivity contribution is 0.0631. The summed E-state index contributed by atoms with van der Waals surface area (Å²) in [6, 6.07) is 13.3. The maximum atomic E-state index is 13.0. The molecule has 1 saturated heterocycles. The summed E-state index contributed by atoms with van der Waals surface area (Å²) in [5.41, 5.74) is 1.48. The molecule has 0 radical (unpaired) electrons. The molecular weight excluding hydrogens is 354 g/mol. The Kier molecular flexibility index (Phi) is 5.10. The molecule has 0 bridgehead atoms. The van der Waals surface area contributed by atoms with E-state index in [4.69, 9.17) is 4.74 Å². The van der Waals surface area contributed by atoms with E-state index in [2.05, 4.69) is 4.98 Å². The highest BCUT2D eigenvalue weighted by Gasteiger charge is 2.27. The van der Waals surface area contributed by atoms with Gasteiger partial charge in [0.2, 0.25) is 0 Å². The number of hydrogen-bond acceptors (Lipinski definition) is 4. The highest BCUT2D eigenvalue weighted by Crippen LogP contribution is 2.20. The summed E-state index contributed by atoms with van der Waals surface area (Å²) in [7, 11) is 0. The molecule has 0 saturated carbocycles. The highest BCUT2D eigenvalue weighted by molar-refractivity contribution is 5.93. The van der Waals surface area contributed by atoms with Gasteiger partial charge in [-0.3, -0.25) is 14.0 Å². The number of fused-ring (bicyclic) bond motifs is 1. The number of rotatable bonds is 4. The van der Waals surface area contributed by atoms with Gasteiger partial charge < -0.3 is 9.64 Å². The lowest BCUT2D eigenvalue weighted by Crippen LogP contribution is -2.43. The number of likely N-dealkylation sites (tertiary alicyclic amines) is 1. The minimum Gasteiger partial charge on any atom is -0.493 e. The molecule has 3 aromatic rings. The monoisotopic (exact) mass is 377 g/mol. The zero-order chi connectivity index (χ0) is 19.5. The summed E-state index contributed by atoms with van der Waals surface area (Å²) in [6.07, 6.45) is 4.93. The van der Waals surface area contributed by atoms with Crippen LogP contribution in [-0.2, 0) is 0 Å². The van der Waals surface area contributed by atoms with Gasteiger partial charge in [-0.25, -0.2) is 4.98 Å². The minimum absolute atomic E-state index is 0.115. The molecule has 6 heteroatoms. The van der Waals surface area contributed by atoms with E-state index < -0.39 is 0 Å². The van der Waals surface area contributed by atoms with Crippen LogP contribution in [0.5, 0.6) is 5.75 Å². The first-order valence-electron chi connectivity index (χ1n) is 9.57. The summed E-state index contributed by atoms with van der Waals surface area (Å²) in [4.78, 5) is 31.7. The molecule has 1 aliphatic rings. The van der Waals surface area contributed by atoms with Gasteiger partial charge in [-0.15, -0.1) is 0 Å². The van der Waals surface area contributed by atoms with Crippen molar-refractivity contribution in [1.82, 2.24) is 14.3 Å². The van der Waals surface area contributed by atoms with Crippen molar-refractivity contribution in [2.24, 2.45) is 5.92 Å². The number of nitrogens with zero attached hydrogens (tertiary/aromatic N) is 3. The molecule has 3 heterocycles. The lowest BCUT2D eigenvalue weighted by atomic mass is 9.98. The van der Waals surface area contributed by atoms with Crippen LogP contribution < -0.4 is 10.3 Å². The van der Waals surface area contributed by atoms with Gasteiger partial charge in [0.25, 0.3) is 11.5 Å². The first kappa shape index (κ1) is 18.2. The summed E-state index contributed by atoms with van der Waals surface area (Å²) in [5.74, 6) is 0.839. The summed E-state index contributed by atoms with van der Waals surface area (Å²) in [6.45, 7) is 3.82. The molecule has 6 nitrogen and oxygen atoms in total. The first-order valence-corrected chi connectivity index (χ1v) is 9.57. The topological polar surface area (TPSA) is 63.9 Å². The van der Waals surface area contributed by atoms with E-state index in [0.29, 0.717) is 25.3 Å². The second-order valence-corrected chi connectivity index (χ2v) is 7.29. The van der Waals surface area contributed by atoms with Crippen LogP contribution in [0, 0.1) is 12.8 Å². The number of pyridine rings is 1. The van der Waals surface area contributed by atoms with Crippen molar-refractivity contribution in [2.75, 3.05) is 19.7 Å². The van der Waals surface area contributed by atoms with E-state index >= 15 is 0 Å². The smallest absolute Gasteiger partial charge is 0.270 e. The van der Waals surface area contributed by atoms with Gasteiger partial charge in [-0.05, 0) is 49.6 Å². The third kappa shape index (κ3) is 3.76. The fourth-order valence-electron chi connectivity index (χ4n) is 3.65. The quantitative estimate of drug-likeness (QED) is 0.701. The van der Waals surface area contributed by atoms with Crippen LogP contribution >= 0.6 is 0 Å². The average molecular weight is 377 g/mol. The van der Waals surface area contributed by atoms with Crippen molar-refractivity contribution in [1.29, 1.82) is 0 Å². The molecule has 28 heavy (non-hydrogen) atoms. The van der Waals surface area contributed by atoms with Crippen molar-refractivity contribution in [3.8, 4) is 5.75 Å². The number of aromatic nitrogens is 2. The summed E-state index contributed by atoms with van der Waals surface area (Å²) >= 11 is 0. The average Bonchev–Trinajstić information content (AvgIpc) is 2.73. The van der Waals surface area contributed by atoms with Gasteiger partial charge in [0.05, 0.1) is 6.61 Å². The Balaban J connectivity index is 1.46. The molecule has 0 aliphatic carbocycles. The Morgan fingerprint density at radius 3 is 3.00 bits per heavy atom. The largest absolute Gasteiger partial charge is 0.493 e. The second-order valence-electron chi connectivity index (χ2n) is 7.29. The molecule has 1 atom stereocenters. The van der Waals surface area contributed by atoms with Crippen LogP contribution in [0.3, 0.4) is 0 Å². The van der Waals surface area contributed by atoms with Crippen LogP contribution in [0.2, 0.25) is 0 Å². The van der Waals surface area contributed by atoms with Gasteiger partial charge >= 0.3 is 0 Å². The van der Waals surface area contributed by atoms with Gasteiger partial charge in [0.15, 0.2) is 0 Å². The molecule has 4 rings (SSSR count). The number of aryl methyl sites for hydroxylation is 1. The summed E-state index contributed by atoms with van der Waals surface area (Å²) in [5, 5.41) is 0. The second kappa shape index (κ2) is 7.84. The lowest BCUT2D eigenvalue weighted by Gasteiger charge is -2.32. The zero-order valence-corrected chi connectivity index (χ0v) is 15.9. The van der Waals surface area contributed by atoms with Crippen molar-refractivity contribution in [3.63, 3.8) is 0 Å². The molecule has 1 unspecified atom stereocenters. The number of carbonyl (C=O) groups is 1.